The Morgan fingerprint density at radius 2 is 1.86 bits per heavy atom. The molecule has 21 heavy (non-hydrogen) atoms. The minimum absolute atomic E-state index is 0.290. The molecule has 1 atom stereocenters. The Balaban J connectivity index is 2.06. The molecule has 1 aliphatic rings. The van der Waals surface area contributed by atoms with Crippen LogP contribution in [0.4, 0.5) is 5.69 Å². The van der Waals surface area contributed by atoms with Crippen molar-refractivity contribution >= 4 is 17.3 Å². The summed E-state index contributed by atoms with van der Waals surface area (Å²) < 4.78 is 0. The van der Waals surface area contributed by atoms with E-state index in [4.69, 9.17) is 11.6 Å². The van der Waals surface area contributed by atoms with Crippen molar-refractivity contribution in [3.8, 4) is 0 Å². The van der Waals surface area contributed by atoms with E-state index in [-0.39, 0.29) is 6.04 Å². The zero-order valence-electron chi connectivity index (χ0n) is 14.0. The van der Waals surface area contributed by atoms with E-state index >= 15 is 0 Å². The third-order valence-electron chi connectivity index (χ3n) is 4.97. The van der Waals surface area contributed by atoms with Crippen molar-refractivity contribution < 1.29 is 0 Å². The summed E-state index contributed by atoms with van der Waals surface area (Å²) in [4.78, 5) is 2.47. The van der Waals surface area contributed by atoms with Crippen LogP contribution in [0, 0.1) is 11.3 Å². The Kier molecular flexibility index (Phi) is 5.21. The predicted octanol–water partition coefficient (Wildman–Crippen LogP) is 4.88. The second kappa shape index (κ2) is 6.58. The molecule has 0 radical (unpaired) electrons. The number of hydrogen-bond donors (Lipinski definition) is 1. The first-order chi connectivity index (χ1) is 9.82. The van der Waals surface area contributed by atoms with Crippen molar-refractivity contribution in [1.29, 1.82) is 0 Å². The molecular formula is C18H29ClN2. The summed E-state index contributed by atoms with van der Waals surface area (Å²) in [5.41, 5.74) is 2.86. The van der Waals surface area contributed by atoms with E-state index in [1.165, 1.54) is 24.1 Å². The molecule has 1 aliphatic heterocycles. The number of nitrogens with one attached hydrogen (secondary N) is 1. The van der Waals surface area contributed by atoms with Crippen molar-refractivity contribution in [2.75, 3.05) is 25.0 Å². The topological polar surface area (TPSA) is 15.3 Å². The molecule has 1 aromatic carbocycles. The van der Waals surface area contributed by atoms with Gasteiger partial charge >= 0.3 is 0 Å². The van der Waals surface area contributed by atoms with Gasteiger partial charge in [-0.25, -0.2) is 0 Å². The fourth-order valence-corrected chi connectivity index (χ4v) is 3.56. The molecule has 0 bridgehead atoms. The highest BCUT2D eigenvalue weighted by atomic mass is 35.5. The maximum Gasteiger partial charge on any atom is 0.0474 e. The van der Waals surface area contributed by atoms with Crippen molar-refractivity contribution in [2.45, 2.75) is 46.6 Å². The molecule has 0 amide bonds. The molecule has 1 aromatic rings. The highest BCUT2D eigenvalue weighted by Crippen LogP contribution is 2.36. The van der Waals surface area contributed by atoms with Crippen molar-refractivity contribution in [2.24, 2.45) is 11.3 Å². The molecule has 1 N–H and O–H groups in total. The fraction of sp³-hybridized carbons (Fsp3) is 0.667. The van der Waals surface area contributed by atoms with E-state index in [1.54, 1.807) is 0 Å². The van der Waals surface area contributed by atoms with Gasteiger partial charge in [-0.15, -0.1) is 0 Å². The largest absolute Gasteiger partial charge is 0.371 e. The quantitative estimate of drug-likeness (QED) is 0.856. The number of rotatable bonds is 3. The SMILES string of the molecule is CNC(C)c1ccc(N2CCC(C(C)(C)C)CC2)cc1Cl. The number of anilines is 1. The van der Waals surface area contributed by atoms with Crippen LogP contribution in [0.25, 0.3) is 0 Å². The second-order valence-electron chi connectivity index (χ2n) is 7.34. The summed E-state index contributed by atoms with van der Waals surface area (Å²) in [5, 5.41) is 4.11. The van der Waals surface area contributed by atoms with Gasteiger partial charge in [0.1, 0.15) is 0 Å². The van der Waals surface area contributed by atoms with Gasteiger partial charge < -0.3 is 10.2 Å². The first kappa shape index (κ1) is 16.6. The maximum atomic E-state index is 6.46. The van der Waals surface area contributed by atoms with E-state index in [2.05, 4.69) is 56.1 Å². The van der Waals surface area contributed by atoms with Crippen LogP contribution in [0.15, 0.2) is 18.2 Å². The van der Waals surface area contributed by atoms with E-state index in [0.29, 0.717) is 5.41 Å². The Morgan fingerprint density at radius 3 is 2.33 bits per heavy atom. The van der Waals surface area contributed by atoms with Crippen LogP contribution in [0.3, 0.4) is 0 Å². The first-order valence-electron chi connectivity index (χ1n) is 8.04. The molecule has 2 rings (SSSR count). The minimum atomic E-state index is 0.290. The lowest BCUT2D eigenvalue weighted by molar-refractivity contribution is 0.199. The van der Waals surface area contributed by atoms with Gasteiger partial charge in [0.05, 0.1) is 0 Å². The minimum Gasteiger partial charge on any atom is -0.371 e. The van der Waals surface area contributed by atoms with Crippen LogP contribution >= 0.6 is 11.6 Å². The molecule has 1 saturated heterocycles. The van der Waals surface area contributed by atoms with Gasteiger partial charge in [0.2, 0.25) is 0 Å². The van der Waals surface area contributed by atoms with E-state index in [0.717, 1.165) is 24.0 Å². The van der Waals surface area contributed by atoms with Gasteiger partial charge in [0.25, 0.3) is 0 Å². The first-order valence-corrected chi connectivity index (χ1v) is 8.42. The Hall–Kier alpha value is -0.730. The number of piperidine rings is 1. The summed E-state index contributed by atoms with van der Waals surface area (Å²) in [6.07, 6.45) is 2.55. The Morgan fingerprint density at radius 1 is 1.24 bits per heavy atom. The standard InChI is InChI=1S/C18H29ClN2/c1-13(20-5)16-7-6-15(12-17(16)19)21-10-8-14(9-11-21)18(2,3)4/h6-7,12-14,20H,8-11H2,1-5H3. The molecule has 0 saturated carbocycles. The van der Waals surface area contributed by atoms with Gasteiger partial charge in [0.15, 0.2) is 0 Å². The van der Waals surface area contributed by atoms with Crippen molar-refractivity contribution in [3.63, 3.8) is 0 Å². The second-order valence-corrected chi connectivity index (χ2v) is 7.75. The van der Waals surface area contributed by atoms with E-state index in [9.17, 15) is 0 Å². The monoisotopic (exact) mass is 308 g/mol. The molecule has 0 aromatic heterocycles. The van der Waals surface area contributed by atoms with Crippen molar-refractivity contribution in [1.82, 2.24) is 5.32 Å². The van der Waals surface area contributed by atoms with Crippen LogP contribution in [0.5, 0.6) is 0 Å². The molecule has 0 aliphatic carbocycles. The summed E-state index contributed by atoms with van der Waals surface area (Å²) in [5.74, 6) is 0.827. The highest BCUT2D eigenvalue weighted by molar-refractivity contribution is 6.31. The smallest absolute Gasteiger partial charge is 0.0474 e. The lowest BCUT2D eigenvalue weighted by atomic mass is 9.75. The third kappa shape index (κ3) is 3.92. The van der Waals surface area contributed by atoms with Gasteiger partial charge in [-0.05, 0) is 55.8 Å². The molecule has 1 fully saturated rings. The zero-order valence-corrected chi connectivity index (χ0v) is 14.8. The summed E-state index contributed by atoms with van der Waals surface area (Å²) in [6.45, 7) is 11.5. The van der Waals surface area contributed by atoms with Crippen LogP contribution < -0.4 is 10.2 Å². The number of benzene rings is 1. The Labute approximate surface area is 134 Å². The number of nitrogens with zero attached hydrogens (tertiary/aromatic N) is 1. The average Bonchev–Trinajstić information content (AvgIpc) is 2.45. The molecule has 1 heterocycles. The molecule has 118 valence electrons. The average molecular weight is 309 g/mol. The van der Waals surface area contributed by atoms with Gasteiger partial charge in [0, 0.05) is 29.8 Å². The summed E-state index contributed by atoms with van der Waals surface area (Å²) >= 11 is 6.46. The normalized spacial score (nSPS) is 18.9. The lowest BCUT2D eigenvalue weighted by Crippen LogP contribution is -2.38. The highest BCUT2D eigenvalue weighted by Gasteiger charge is 2.28. The molecular weight excluding hydrogens is 280 g/mol. The molecule has 1 unspecified atom stereocenters. The van der Waals surface area contributed by atoms with Crippen molar-refractivity contribution in [3.05, 3.63) is 28.8 Å². The van der Waals surface area contributed by atoms with Crippen LogP contribution in [0.2, 0.25) is 5.02 Å². The fourth-order valence-electron chi connectivity index (χ4n) is 3.22. The van der Waals surface area contributed by atoms with Crippen LogP contribution in [-0.4, -0.2) is 20.1 Å². The van der Waals surface area contributed by atoms with E-state index < -0.39 is 0 Å². The third-order valence-corrected chi connectivity index (χ3v) is 5.30. The zero-order chi connectivity index (χ0) is 15.6. The van der Waals surface area contributed by atoms with E-state index in [1.807, 2.05) is 7.05 Å². The van der Waals surface area contributed by atoms with Gasteiger partial charge in [-0.1, -0.05) is 38.4 Å². The maximum absolute atomic E-state index is 6.46. The molecule has 3 heteroatoms. The molecule has 2 nitrogen and oxygen atoms in total. The summed E-state index contributed by atoms with van der Waals surface area (Å²) in [6, 6.07) is 6.79. The number of hydrogen-bond acceptors (Lipinski definition) is 2. The molecule has 0 spiro atoms. The lowest BCUT2D eigenvalue weighted by Gasteiger charge is -2.40. The van der Waals surface area contributed by atoms with Gasteiger partial charge in [-0.3, -0.25) is 0 Å². The van der Waals surface area contributed by atoms with Gasteiger partial charge in [-0.2, -0.15) is 0 Å². The van der Waals surface area contributed by atoms with Crippen LogP contribution in [0.1, 0.15) is 52.1 Å². The summed E-state index contributed by atoms with van der Waals surface area (Å²) in [7, 11) is 1.96. The Bertz CT molecular complexity index is 471. The van der Waals surface area contributed by atoms with Crippen LogP contribution in [-0.2, 0) is 0 Å². The predicted molar refractivity (Wildman–Crippen MR) is 93.3 cm³/mol. The number of halogens is 1.